The van der Waals surface area contributed by atoms with Crippen molar-refractivity contribution in [2.45, 2.75) is 30.6 Å². The van der Waals surface area contributed by atoms with Crippen LogP contribution in [-0.4, -0.2) is 65.6 Å². The Balaban J connectivity index is 2.12. The van der Waals surface area contributed by atoms with Crippen molar-refractivity contribution >= 4 is 5.91 Å². The van der Waals surface area contributed by atoms with E-state index < -0.39 is 43.2 Å². The van der Waals surface area contributed by atoms with E-state index in [4.69, 9.17) is 14.6 Å². The van der Waals surface area contributed by atoms with Crippen LogP contribution in [0, 0.1) is 0 Å². The summed E-state index contributed by atoms with van der Waals surface area (Å²) in [5.74, 6) is -0.417. The number of hydrogen-bond donors (Lipinski definition) is 4. The van der Waals surface area contributed by atoms with Gasteiger partial charge in [0.15, 0.2) is 6.29 Å². The fourth-order valence-corrected chi connectivity index (χ4v) is 2.35. The molecule has 21 heavy (non-hydrogen) atoms. The number of benzene rings is 1. The lowest BCUT2D eigenvalue weighted by Gasteiger charge is -2.41. The Labute approximate surface area is 122 Å². The number of carbonyl (C=O) groups is 1. The fraction of sp³-hybridized carbons (Fsp3) is 0.500. The fourth-order valence-electron chi connectivity index (χ4n) is 2.35. The van der Waals surface area contributed by atoms with Gasteiger partial charge in [-0.15, -0.1) is 0 Å². The van der Waals surface area contributed by atoms with E-state index in [1.165, 1.54) is 7.11 Å². The first-order valence-electron chi connectivity index (χ1n) is 6.59. The molecule has 116 valence electrons. The second-order valence-corrected chi connectivity index (χ2v) is 4.80. The lowest BCUT2D eigenvalue weighted by molar-refractivity contribution is -0.257. The summed E-state index contributed by atoms with van der Waals surface area (Å²) in [6, 6.07) is 7.52. The molecule has 1 amide bonds. The van der Waals surface area contributed by atoms with Crippen molar-refractivity contribution in [1.82, 2.24) is 5.32 Å². The Morgan fingerprint density at radius 2 is 2.00 bits per heavy atom. The summed E-state index contributed by atoms with van der Waals surface area (Å²) in [6.45, 7) is -0.461. The quantitative estimate of drug-likeness (QED) is 0.560. The number of nitrogens with one attached hydrogen (secondary N) is 1. The van der Waals surface area contributed by atoms with Gasteiger partial charge in [0.2, 0.25) is 0 Å². The number of hydrogen-bond acceptors (Lipinski definition) is 6. The molecule has 7 heteroatoms. The lowest BCUT2D eigenvalue weighted by Crippen LogP contribution is -2.64. The SMILES string of the molecule is CO[C@H]1[C@@H](O)[C@@H](CO)O[C@@H](O)[C@@H]1NC(=O)c1ccccc1. The van der Waals surface area contributed by atoms with E-state index in [0.29, 0.717) is 5.56 Å². The molecular weight excluding hydrogens is 278 g/mol. The molecule has 1 saturated heterocycles. The minimum Gasteiger partial charge on any atom is -0.394 e. The molecule has 0 aliphatic carbocycles. The van der Waals surface area contributed by atoms with Gasteiger partial charge in [-0.05, 0) is 12.1 Å². The van der Waals surface area contributed by atoms with Crippen molar-refractivity contribution in [1.29, 1.82) is 0 Å². The second-order valence-electron chi connectivity index (χ2n) is 4.80. The average Bonchev–Trinajstić information content (AvgIpc) is 2.51. The first-order valence-corrected chi connectivity index (χ1v) is 6.59. The molecule has 5 atom stereocenters. The van der Waals surface area contributed by atoms with Crippen LogP contribution in [0.3, 0.4) is 0 Å². The van der Waals surface area contributed by atoms with Crippen molar-refractivity contribution in [3.8, 4) is 0 Å². The maximum atomic E-state index is 12.1. The number of carbonyl (C=O) groups excluding carboxylic acids is 1. The Bertz CT molecular complexity index is 468. The van der Waals surface area contributed by atoms with Gasteiger partial charge in [0.1, 0.15) is 24.4 Å². The van der Waals surface area contributed by atoms with Crippen molar-refractivity contribution in [2.75, 3.05) is 13.7 Å². The summed E-state index contributed by atoms with van der Waals surface area (Å²) in [4.78, 5) is 12.1. The molecule has 0 radical (unpaired) electrons. The number of amides is 1. The number of aliphatic hydroxyl groups is 3. The van der Waals surface area contributed by atoms with E-state index >= 15 is 0 Å². The largest absolute Gasteiger partial charge is 0.394 e. The van der Waals surface area contributed by atoms with Crippen molar-refractivity contribution in [3.05, 3.63) is 35.9 Å². The normalized spacial score (nSPS) is 32.7. The predicted molar refractivity (Wildman–Crippen MR) is 72.5 cm³/mol. The van der Waals surface area contributed by atoms with Gasteiger partial charge in [-0.3, -0.25) is 4.79 Å². The summed E-state index contributed by atoms with van der Waals surface area (Å²) in [6.07, 6.45) is -4.40. The third-order valence-corrected chi connectivity index (χ3v) is 3.48. The highest BCUT2D eigenvalue weighted by molar-refractivity contribution is 5.94. The first kappa shape index (κ1) is 15.9. The molecule has 1 fully saturated rings. The van der Waals surface area contributed by atoms with Gasteiger partial charge in [-0.1, -0.05) is 18.2 Å². The highest BCUT2D eigenvalue weighted by Gasteiger charge is 2.45. The van der Waals surface area contributed by atoms with Crippen molar-refractivity contribution < 1.29 is 29.6 Å². The number of methoxy groups -OCH3 is 1. The molecule has 0 bridgehead atoms. The molecule has 7 nitrogen and oxygen atoms in total. The highest BCUT2D eigenvalue weighted by atomic mass is 16.6. The molecule has 0 unspecified atom stereocenters. The molecule has 1 aliphatic rings. The molecule has 0 saturated carbocycles. The molecule has 4 N–H and O–H groups in total. The van der Waals surface area contributed by atoms with Crippen LogP contribution in [0.15, 0.2) is 30.3 Å². The molecule has 1 aromatic carbocycles. The minimum atomic E-state index is -1.39. The average molecular weight is 297 g/mol. The zero-order valence-electron chi connectivity index (χ0n) is 11.5. The topological polar surface area (TPSA) is 108 Å². The molecule has 1 heterocycles. The van der Waals surface area contributed by atoms with Gasteiger partial charge < -0.3 is 30.1 Å². The van der Waals surface area contributed by atoms with Gasteiger partial charge >= 0.3 is 0 Å². The maximum absolute atomic E-state index is 12.1. The summed E-state index contributed by atoms with van der Waals surface area (Å²) in [5.41, 5.74) is 0.415. The van der Waals surface area contributed by atoms with E-state index in [0.717, 1.165) is 0 Å². The summed E-state index contributed by atoms with van der Waals surface area (Å²) < 4.78 is 10.2. The molecule has 1 aliphatic heterocycles. The van der Waals surface area contributed by atoms with Crippen LogP contribution in [-0.2, 0) is 9.47 Å². The molecular formula is C14H19NO6. The van der Waals surface area contributed by atoms with Gasteiger partial charge in [0.25, 0.3) is 5.91 Å². The van der Waals surface area contributed by atoms with Crippen LogP contribution in [0.1, 0.15) is 10.4 Å². The third-order valence-electron chi connectivity index (χ3n) is 3.48. The molecule has 0 spiro atoms. The molecule has 0 aromatic heterocycles. The smallest absolute Gasteiger partial charge is 0.251 e. The van der Waals surface area contributed by atoms with Crippen LogP contribution >= 0.6 is 0 Å². The predicted octanol–water partition coefficient (Wildman–Crippen LogP) is -1.13. The second kappa shape index (κ2) is 6.97. The van der Waals surface area contributed by atoms with E-state index in [-0.39, 0.29) is 0 Å². The van der Waals surface area contributed by atoms with Crippen LogP contribution in [0.5, 0.6) is 0 Å². The maximum Gasteiger partial charge on any atom is 0.251 e. The van der Waals surface area contributed by atoms with Gasteiger partial charge in [0, 0.05) is 12.7 Å². The Morgan fingerprint density at radius 3 is 2.57 bits per heavy atom. The van der Waals surface area contributed by atoms with Gasteiger partial charge in [0.05, 0.1) is 6.61 Å². The molecule has 1 aromatic rings. The number of ether oxygens (including phenoxy) is 2. The van der Waals surface area contributed by atoms with E-state index in [9.17, 15) is 15.0 Å². The summed E-state index contributed by atoms with van der Waals surface area (Å²) in [7, 11) is 1.35. The zero-order valence-corrected chi connectivity index (χ0v) is 11.5. The Morgan fingerprint density at radius 1 is 1.33 bits per heavy atom. The lowest BCUT2D eigenvalue weighted by atomic mass is 9.96. The summed E-state index contributed by atoms with van der Waals surface area (Å²) in [5, 5.41) is 31.7. The first-order chi connectivity index (χ1) is 10.1. The summed E-state index contributed by atoms with van der Waals surface area (Å²) >= 11 is 0. The van der Waals surface area contributed by atoms with Crippen molar-refractivity contribution in [2.24, 2.45) is 0 Å². The van der Waals surface area contributed by atoms with Crippen LogP contribution < -0.4 is 5.32 Å². The Hall–Kier alpha value is -1.51. The van der Waals surface area contributed by atoms with Crippen molar-refractivity contribution in [3.63, 3.8) is 0 Å². The monoisotopic (exact) mass is 297 g/mol. The van der Waals surface area contributed by atoms with E-state index in [2.05, 4.69) is 5.32 Å². The van der Waals surface area contributed by atoms with Gasteiger partial charge in [-0.25, -0.2) is 0 Å². The van der Waals surface area contributed by atoms with Gasteiger partial charge in [-0.2, -0.15) is 0 Å². The Kier molecular flexibility index (Phi) is 5.27. The zero-order chi connectivity index (χ0) is 15.4. The van der Waals surface area contributed by atoms with E-state index in [1.807, 2.05) is 0 Å². The van der Waals surface area contributed by atoms with Crippen LogP contribution in [0.4, 0.5) is 0 Å². The minimum absolute atomic E-state index is 0.415. The number of aliphatic hydroxyl groups excluding tert-OH is 3. The van der Waals surface area contributed by atoms with E-state index in [1.54, 1.807) is 30.3 Å². The highest BCUT2D eigenvalue weighted by Crippen LogP contribution is 2.22. The third kappa shape index (κ3) is 3.39. The standard InChI is InChI=1S/C14H19NO6/c1-20-12-10(14(19)21-9(7-16)11(12)17)15-13(18)8-5-3-2-4-6-8/h2-6,9-12,14,16-17,19H,7H2,1H3,(H,15,18)/t9-,10-,11+,12-,14-/m1/s1. The number of rotatable bonds is 4. The van der Waals surface area contributed by atoms with Crippen LogP contribution in [0.2, 0.25) is 0 Å². The van der Waals surface area contributed by atoms with Crippen LogP contribution in [0.25, 0.3) is 0 Å². The molecule has 2 rings (SSSR count).